The summed E-state index contributed by atoms with van der Waals surface area (Å²) >= 11 is 0. The van der Waals surface area contributed by atoms with Crippen LogP contribution in [0.15, 0.2) is 23.4 Å². The van der Waals surface area contributed by atoms with Gasteiger partial charge in [0.15, 0.2) is 0 Å². The van der Waals surface area contributed by atoms with Gasteiger partial charge in [-0.25, -0.2) is 9.20 Å². The normalized spacial score (nSPS) is 17.0. The molecule has 2 aromatic rings. The van der Waals surface area contributed by atoms with Crippen LogP contribution < -0.4 is 10.9 Å². The van der Waals surface area contributed by atoms with Gasteiger partial charge in [-0.2, -0.15) is 10.2 Å². The van der Waals surface area contributed by atoms with Crippen LogP contribution in [-0.4, -0.2) is 31.3 Å². The van der Waals surface area contributed by atoms with Crippen LogP contribution in [0.4, 0.5) is 0 Å². The van der Waals surface area contributed by atoms with E-state index in [2.05, 4.69) is 22.4 Å². The Morgan fingerprint density at radius 2 is 2.12 bits per heavy atom. The predicted molar refractivity (Wildman–Crippen MR) is 90.7 cm³/mol. The van der Waals surface area contributed by atoms with Gasteiger partial charge in [-0.3, -0.25) is 9.59 Å². The Balaban J connectivity index is 1.68. The molecule has 1 atom stereocenters. The lowest BCUT2D eigenvalue weighted by Gasteiger charge is -2.30. The van der Waals surface area contributed by atoms with E-state index in [4.69, 9.17) is 0 Å². The molecule has 1 N–H and O–H groups in total. The van der Waals surface area contributed by atoms with Crippen LogP contribution in [0.2, 0.25) is 0 Å². The minimum absolute atomic E-state index is 0.0482. The summed E-state index contributed by atoms with van der Waals surface area (Å²) in [5, 5.41) is 11.1. The first-order chi connectivity index (χ1) is 11.7. The molecule has 24 heavy (non-hydrogen) atoms. The minimum atomic E-state index is -0.296. The maximum atomic E-state index is 12.4. The standard InChI is InChI=1S/C17H25N5O2/c1-2-6-14(13-7-4-3-5-8-13)20-16(23)11-21-17(24)15-9-10-18-22(15)12-19-21/h9-10,12-14H,2-8,11H2,1H3,(H,20,23)/t14-/m0/s1. The van der Waals surface area contributed by atoms with Crippen molar-refractivity contribution in [3.05, 3.63) is 28.9 Å². The highest BCUT2D eigenvalue weighted by atomic mass is 16.2. The van der Waals surface area contributed by atoms with E-state index in [1.54, 1.807) is 12.3 Å². The second-order valence-corrected chi connectivity index (χ2v) is 6.62. The van der Waals surface area contributed by atoms with Crippen molar-refractivity contribution in [1.82, 2.24) is 24.7 Å². The van der Waals surface area contributed by atoms with Gasteiger partial charge in [0.2, 0.25) is 5.91 Å². The number of aromatic nitrogens is 4. The maximum Gasteiger partial charge on any atom is 0.293 e. The SMILES string of the molecule is CCC[C@H](NC(=O)Cn1ncn2nccc2c1=O)C1CCCCC1. The molecule has 0 unspecified atom stereocenters. The number of carbonyl (C=O) groups excluding carboxylic acids is 1. The Kier molecular flexibility index (Phi) is 5.27. The van der Waals surface area contributed by atoms with Gasteiger partial charge in [0.1, 0.15) is 18.4 Å². The molecule has 1 aliphatic carbocycles. The first-order valence-corrected chi connectivity index (χ1v) is 8.88. The van der Waals surface area contributed by atoms with Crippen molar-refractivity contribution >= 4 is 11.4 Å². The van der Waals surface area contributed by atoms with Crippen molar-refractivity contribution in [2.24, 2.45) is 5.92 Å². The predicted octanol–water partition coefficient (Wildman–Crippen LogP) is 1.76. The largest absolute Gasteiger partial charge is 0.351 e. The monoisotopic (exact) mass is 331 g/mol. The average Bonchev–Trinajstić information content (AvgIpc) is 3.07. The quantitative estimate of drug-likeness (QED) is 0.874. The van der Waals surface area contributed by atoms with Gasteiger partial charge < -0.3 is 5.32 Å². The molecule has 0 spiro atoms. The number of fused-ring (bicyclic) bond motifs is 1. The Bertz CT molecular complexity index is 745. The fourth-order valence-corrected chi connectivity index (χ4v) is 3.65. The third-order valence-corrected chi connectivity index (χ3v) is 4.88. The Labute approximate surface area is 141 Å². The second kappa shape index (κ2) is 7.59. The molecular weight excluding hydrogens is 306 g/mol. The van der Waals surface area contributed by atoms with E-state index in [1.165, 1.54) is 47.6 Å². The average molecular weight is 331 g/mol. The summed E-state index contributed by atoms with van der Waals surface area (Å²) in [4.78, 5) is 24.7. The molecule has 7 heteroatoms. The Morgan fingerprint density at radius 1 is 1.33 bits per heavy atom. The summed E-state index contributed by atoms with van der Waals surface area (Å²) in [7, 11) is 0. The molecular formula is C17H25N5O2. The van der Waals surface area contributed by atoms with Crippen LogP contribution in [-0.2, 0) is 11.3 Å². The molecule has 2 aromatic heterocycles. The summed E-state index contributed by atoms with van der Waals surface area (Å²) in [6.45, 7) is 2.09. The van der Waals surface area contributed by atoms with E-state index in [9.17, 15) is 9.59 Å². The van der Waals surface area contributed by atoms with E-state index >= 15 is 0 Å². The zero-order valence-electron chi connectivity index (χ0n) is 14.1. The highest BCUT2D eigenvalue weighted by Crippen LogP contribution is 2.28. The minimum Gasteiger partial charge on any atom is -0.351 e. The van der Waals surface area contributed by atoms with Gasteiger partial charge in [-0.05, 0) is 31.2 Å². The van der Waals surface area contributed by atoms with Gasteiger partial charge in [0, 0.05) is 6.04 Å². The first-order valence-electron chi connectivity index (χ1n) is 8.88. The van der Waals surface area contributed by atoms with E-state index in [0.29, 0.717) is 11.4 Å². The van der Waals surface area contributed by atoms with Gasteiger partial charge in [-0.1, -0.05) is 32.6 Å². The van der Waals surface area contributed by atoms with Gasteiger partial charge in [0.05, 0.1) is 6.20 Å². The van der Waals surface area contributed by atoms with E-state index in [0.717, 1.165) is 12.8 Å². The third-order valence-electron chi connectivity index (χ3n) is 4.88. The van der Waals surface area contributed by atoms with Crippen molar-refractivity contribution in [2.75, 3.05) is 0 Å². The van der Waals surface area contributed by atoms with Crippen LogP contribution >= 0.6 is 0 Å². The van der Waals surface area contributed by atoms with Crippen molar-refractivity contribution in [1.29, 1.82) is 0 Å². The molecule has 0 bridgehead atoms. The fourth-order valence-electron chi connectivity index (χ4n) is 3.65. The van der Waals surface area contributed by atoms with Crippen molar-refractivity contribution in [2.45, 2.75) is 64.5 Å². The number of nitrogens with one attached hydrogen (secondary N) is 1. The smallest absolute Gasteiger partial charge is 0.293 e. The van der Waals surface area contributed by atoms with Gasteiger partial charge in [0.25, 0.3) is 5.56 Å². The Hall–Kier alpha value is -2.18. The number of amides is 1. The van der Waals surface area contributed by atoms with E-state index < -0.39 is 0 Å². The number of nitrogens with zero attached hydrogens (tertiary/aromatic N) is 4. The molecule has 1 aliphatic rings. The molecule has 3 rings (SSSR count). The number of carbonyl (C=O) groups is 1. The van der Waals surface area contributed by atoms with Gasteiger partial charge >= 0.3 is 0 Å². The van der Waals surface area contributed by atoms with Crippen molar-refractivity contribution in [3.63, 3.8) is 0 Å². The Morgan fingerprint density at radius 3 is 2.88 bits per heavy atom. The van der Waals surface area contributed by atoms with Crippen LogP contribution in [0.25, 0.3) is 5.52 Å². The summed E-state index contributed by atoms with van der Waals surface area (Å²) in [6.07, 6.45) is 11.2. The number of hydrogen-bond acceptors (Lipinski definition) is 4. The zero-order chi connectivity index (χ0) is 16.9. The van der Waals surface area contributed by atoms with Crippen LogP contribution in [0.5, 0.6) is 0 Å². The first kappa shape index (κ1) is 16.7. The summed E-state index contributed by atoms with van der Waals surface area (Å²) < 4.78 is 2.62. The van der Waals surface area contributed by atoms with Crippen LogP contribution in [0, 0.1) is 5.92 Å². The fraction of sp³-hybridized carbons (Fsp3) is 0.647. The molecule has 0 aliphatic heterocycles. The van der Waals surface area contributed by atoms with Gasteiger partial charge in [-0.15, -0.1) is 0 Å². The number of hydrogen-bond donors (Lipinski definition) is 1. The second-order valence-electron chi connectivity index (χ2n) is 6.62. The lowest BCUT2D eigenvalue weighted by atomic mass is 9.82. The molecule has 130 valence electrons. The third kappa shape index (κ3) is 3.66. The number of rotatable bonds is 6. The van der Waals surface area contributed by atoms with E-state index in [1.807, 2.05) is 0 Å². The lowest BCUT2D eigenvalue weighted by molar-refractivity contribution is -0.123. The molecule has 0 radical (unpaired) electrons. The van der Waals surface area contributed by atoms with Crippen LogP contribution in [0.1, 0.15) is 51.9 Å². The topological polar surface area (TPSA) is 81.3 Å². The summed E-state index contributed by atoms with van der Waals surface area (Å²) in [5.74, 6) is 0.419. The maximum absolute atomic E-state index is 12.4. The molecule has 7 nitrogen and oxygen atoms in total. The summed E-state index contributed by atoms with van der Waals surface area (Å²) in [5.41, 5.74) is 0.130. The van der Waals surface area contributed by atoms with Crippen molar-refractivity contribution in [3.8, 4) is 0 Å². The molecule has 1 amide bonds. The zero-order valence-corrected chi connectivity index (χ0v) is 14.1. The summed E-state index contributed by atoms with van der Waals surface area (Å²) in [6, 6.07) is 1.83. The molecule has 2 heterocycles. The van der Waals surface area contributed by atoms with E-state index in [-0.39, 0.29) is 24.1 Å². The molecule has 1 fully saturated rings. The highest BCUT2D eigenvalue weighted by Gasteiger charge is 2.24. The molecule has 0 aromatic carbocycles. The van der Waals surface area contributed by atoms with Crippen molar-refractivity contribution < 1.29 is 4.79 Å². The molecule has 1 saturated carbocycles. The lowest BCUT2D eigenvalue weighted by Crippen LogP contribution is -2.44. The molecule has 0 saturated heterocycles. The highest BCUT2D eigenvalue weighted by molar-refractivity contribution is 5.76. The van der Waals surface area contributed by atoms with Crippen LogP contribution in [0.3, 0.4) is 0 Å².